The number of fused-ring (bicyclic) bond motifs is 1. The molecule has 0 aromatic rings. The van der Waals surface area contributed by atoms with Gasteiger partial charge in [0.05, 0.1) is 6.10 Å². The van der Waals surface area contributed by atoms with Gasteiger partial charge < -0.3 is 10.2 Å². The van der Waals surface area contributed by atoms with Crippen molar-refractivity contribution in [2.75, 3.05) is 0 Å². The molecule has 0 heterocycles. The minimum atomic E-state index is -3.44. The Morgan fingerprint density at radius 3 is 2.33 bits per heavy atom. The van der Waals surface area contributed by atoms with E-state index < -0.39 is 24.9 Å². The van der Waals surface area contributed by atoms with Crippen LogP contribution in [0.3, 0.4) is 0 Å². The van der Waals surface area contributed by atoms with E-state index in [4.69, 9.17) is 0 Å². The lowest BCUT2D eigenvalue weighted by Crippen LogP contribution is -2.45. The van der Waals surface area contributed by atoms with Crippen LogP contribution in [0.25, 0.3) is 0 Å². The standard InChI is InChI=1S/C18H30F4O2/c1-11(5-3-10-18(24,15(19)20)16(21)22)12-7-8-13-14(23)6-4-9-17(12,13)2/h11-16,23-24H,3-10H2,1-2H3/t11-,12-,13+,14+,17-/m1/s1. The maximum absolute atomic E-state index is 12.7. The molecule has 0 spiro atoms. The average Bonchev–Trinajstić information content (AvgIpc) is 2.85. The first kappa shape index (κ1) is 20.0. The van der Waals surface area contributed by atoms with Gasteiger partial charge in [0.15, 0.2) is 5.60 Å². The van der Waals surface area contributed by atoms with Crippen LogP contribution in [0.1, 0.15) is 65.2 Å². The molecule has 0 aliphatic heterocycles. The van der Waals surface area contributed by atoms with Gasteiger partial charge in [0.25, 0.3) is 12.9 Å². The number of alkyl halides is 4. The van der Waals surface area contributed by atoms with Gasteiger partial charge in [-0.15, -0.1) is 0 Å². The summed E-state index contributed by atoms with van der Waals surface area (Å²) < 4.78 is 50.9. The highest BCUT2D eigenvalue weighted by Crippen LogP contribution is 2.58. The summed E-state index contributed by atoms with van der Waals surface area (Å²) in [6, 6.07) is 0. The van der Waals surface area contributed by atoms with Crippen molar-refractivity contribution in [2.24, 2.45) is 23.2 Å². The highest BCUT2D eigenvalue weighted by atomic mass is 19.3. The summed E-state index contributed by atoms with van der Waals surface area (Å²) in [5.41, 5.74) is -3.14. The van der Waals surface area contributed by atoms with Gasteiger partial charge in [-0.2, -0.15) is 0 Å². The van der Waals surface area contributed by atoms with Crippen molar-refractivity contribution in [1.29, 1.82) is 0 Å². The number of aliphatic hydroxyl groups excluding tert-OH is 1. The van der Waals surface area contributed by atoms with Gasteiger partial charge in [-0.25, -0.2) is 17.6 Å². The number of hydrogen-bond donors (Lipinski definition) is 2. The smallest absolute Gasteiger partial charge is 0.272 e. The molecule has 2 fully saturated rings. The zero-order chi connectivity index (χ0) is 18.1. The molecule has 5 atom stereocenters. The summed E-state index contributed by atoms with van der Waals surface area (Å²) in [6.45, 7) is 4.26. The van der Waals surface area contributed by atoms with Gasteiger partial charge >= 0.3 is 0 Å². The molecular formula is C18H30F4O2. The average molecular weight is 354 g/mol. The molecule has 2 aliphatic carbocycles. The monoisotopic (exact) mass is 354 g/mol. The molecule has 6 heteroatoms. The highest BCUT2D eigenvalue weighted by Gasteiger charge is 2.52. The molecule has 24 heavy (non-hydrogen) atoms. The van der Waals surface area contributed by atoms with Gasteiger partial charge in [0.1, 0.15) is 0 Å². The van der Waals surface area contributed by atoms with Crippen LogP contribution in [-0.4, -0.2) is 34.8 Å². The van der Waals surface area contributed by atoms with E-state index in [0.29, 0.717) is 12.3 Å². The minimum absolute atomic E-state index is 0.0544. The summed E-state index contributed by atoms with van der Waals surface area (Å²) in [7, 11) is 0. The Labute approximate surface area is 141 Å². The molecule has 0 bridgehead atoms. The Morgan fingerprint density at radius 2 is 1.75 bits per heavy atom. The van der Waals surface area contributed by atoms with Crippen molar-refractivity contribution in [2.45, 2.75) is 89.8 Å². The quantitative estimate of drug-likeness (QED) is 0.654. The second kappa shape index (κ2) is 7.48. The molecule has 2 nitrogen and oxygen atoms in total. The predicted molar refractivity (Wildman–Crippen MR) is 84.2 cm³/mol. The maximum Gasteiger partial charge on any atom is 0.272 e. The molecule has 2 N–H and O–H groups in total. The molecule has 142 valence electrons. The summed E-state index contributed by atoms with van der Waals surface area (Å²) >= 11 is 0. The molecule has 2 aliphatic rings. The summed E-state index contributed by atoms with van der Waals surface area (Å²) in [6.07, 6.45) is -2.14. The Kier molecular flexibility index (Phi) is 6.22. The number of aliphatic hydroxyl groups is 2. The van der Waals surface area contributed by atoms with Crippen molar-refractivity contribution in [3.05, 3.63) is 0 Å². The van der Waals surface area contributed by atoms with Gasteiger partial charge in [0.2, 0.25) is 0 Å². The van der Waals surface area contributed by atoms with E-state index in [-0.39, 0.29) is 29.8 Å². The second-order valence-electron chi connectivity index (χ2n) is 8.22. The van der Waals surface area contributed by atoms with Crippen LogP contribution in [0.15, 0.2) is 0 Å². The third-order valence-electron chi connectivity index (χ3n) is 6.84. The van der Waals surface area contributed by atoms with Crippen molar-refractivity contribution >= 4 is 0 Å². The lowest BCUT2D eigenvalue weighted by molar-refractivity contribution is -0.180. The molecule has 0 aromatic carbocycles. The van der Waals surface area contributed by atoms with Crippen LogP contribution in [0.5, 0.6) is 0 Å². The Bertz CT molecular complexity index is 410. The predicted octanol–water partition coefficient (Wildman–Crippen LogP) is 4.63. The van der Waals surface area contributed by atoms with Crippen molar-refractivity contribution in [3.8, 4) is 0 Å². The van der Waals surface area contributed by atoms with Crippen LogP contribution in [0.4, 0.5) is 17.6 Å². The molecular weight excluding hydrogens is 324 g/mol. The highest BCUT2D eigenvalue weighted by molar-refractivity contribution is 5.01. The molecule has 2 saturated carbocycles. The van der Waals surface area contributed by atoms with E-state index in [9.17, 15) is 27.8 Å². The van der Waals surface area contributed by atoms with Crippen molar-refractivity contribution in [3.63, 3.8) is 0 Å². The fourth-order valence-corrected chi connectivity index (χ4v) is 5.35. The Hall–Kier alpha value is -0.360. The fraction of sp³-hybridized carbons (Fsp3) is 1.00. The summed E-state index contributed by atoms with van der Waals surface area (Å²) in [4.78, 5) is 0. The molecule has 2 rings (SSSR count). The lowest BCUT2D eigenvalue weighted by atomic mass is 9.61. The first-order valence-electron chi connectivity index (χ1n) is 9.09. The largest absolute Gasteiger partial charge is 0.393 e. The van der Waals surface area contributed by atoms with E-state index in [1.54, 1.807) is 0 Å². The van der Waals surface area contributed by atoms with Crippen LogP contribution >= 0.6 is 0 Å². The summed E-state index contributed by atoms with van der Waals surface area (Å²) in [5, 5.41) is 19.7. The molecule has 0 radical (unpaired) electrons. The Balaban J connectivity index is 1.92. The first-order chi connectivity index (χ1) is 11.1. The van der Waals surface area contributed by atoms with E-state index in [1.165, 1.54) is 0 Å². The number of rotatable bonds is 7. The third kappa shape index (κ3) is 3.59. The van der Waals surface area contributed by atoms with Crippen molar-refractivity contribution in [1.82, 2.24) is 0 Å². The third-order valence-corrected chi connectivity index (χ3v) is 6.84. The van der Waals surface area contributed by atoms with Gasteiger partial charge in [-0.05, 0) is 61.7 Å². The SMILES string of the molecule is C[C@H](CCCC(O)(C(F)F)C(F)F)[C@H]1CC[C@H]2[C@@H](O)CCC[C@]12C. The zero-order valence-corrected chi connectivity index (χ0v) is 14.5. The molecule has 0 amide bonds. The second-order valence-corrected chi connectivity index (χ2v) is 8.22. The van der Waals surface area contributed by atoms with E-state index in [2.05, 4.69) is 6.92 Å². The van der Waals surface area contributed by atoms with Crippen LogP contribution in [-0.2, 0) is 0 Å². The fourth-order valence-electron chi connectivity index (χ4n) is 5.35. The van der Waals surface area contributed by atoms with Crippen molar-refractivity contribution < 1.29 is 27.8 Å². The van der Waals surface area contributed by atoms with E-state index in [0.717, 1.165) is 32.1 Å². The lowest BCUT2D eigenvalue weighted by Gasteiger charge is -2.45. The van der Waals surface area contributed by atoms with E-state index >= 15 is 0 Å². The molecule has 0 unspecified atom stereocenters. The van der Waals surface area contributed by atoms with Gasteiger partial charge in [-0.3, -0.25) is 0 Å². The normalized spacial score (nSPS) is 35.5. The first-order valence-corrected chi connectivity index (χ1v) is 9.09. The summed E-state index contributed by atoms with van der Waals surface area (Å²) in [5.74, 6) is 0.881. The minimum Gasteiger partial charge on any atom is -0.393 e. The number of halogens is 4. The maximum atomic E-state index is 12.7. The van der Waals surface area contributed by atoms with Gasteiger partial charge in [-0.1, -0.05) is 26.7 Å². The van der Waals surface area contributed by atoms with Gasteiger partial charge in [0, 0.05) is 0 Å². The number of hydrogen-bond acceptors (Lipinski definition) is 2. The topological polar surface area (TPSA) is 40.5 Å². The molecule has 0 saturated heterocycles. The zero-order valence-electron chi connectivity index (χ0n) is 14.5. The van der Waals surface area contributed by atoms with Crippen LogP contribution in [0.2, 0.25) is 0 Å². The van der Waals surface area contributed by atoms with Crippen LogP contribution < -0.4 is 0 Å². The van der Waals surface area contributed by atoms with E-state index in [1.807, 2.05) is 6.92 Å². The Morgan fingerprint density at radius 1 is 1.12 bits per heavy atom. The molecule has 0 aromatic heterocycles. The van der Waals surface area contributed by atoms with Crippen LogP contribution in [0, 0.1) is 23.2 Å².